The molecule has 0 aliphatic heterocycles. The molecule has 0 spiro atoms. The molecule has 0 saturated carbocycles. The molecule has 100 valence electrons. The molecule has 1 atom stereocenters. The van der Waals surface area contributed by atoms with Gasteiger partial charge in [0, 0.05) is 8.95 Å². The van der Waals surface area contributed by atoms with E-state index in [1.54, 1.807) is 0 Å². The van der Waals surface area contributed by atoms with Crippen molar-refractivity contribution in [1.82, 2.24) is 5.43 Å². The van der Waals surface area contributed by atoms with Crippen LogP contribution in [0.1, 0.15) is 22.7 Å². The van der Waals surface area contributed by atoms with Crippen LogP contribution in [0.3, 0.4) is 0 Å². The van der Waals surface area contributed by atoms with Gasteiger partial charge in [-0.05, 0) is 48.2 Å². The number of aryl methyl sites for hydroxylation is 1. The number of hydrogen-bond acceptors (Lipinski definition) is 2. The Kier molecular flexibility index (Phi) is 5.16. The predicted molar refractivity (Wildman–Crippen MR) is 86.8 cm³/mol. The highest BCUT2D eigenvalue weighted by atomic mass is 79.9. The Morgan fingerprint density at radius 1 is 1.16 bits per heavy atom. The van der Waals surface area contributed by atoms with Crippen LogP contribution in [0, 0.1) is 6.92 Å². The average Bonchev–Trinajstić information content (AvgIpc) is 2.41. The lowest BCUT2D eigenvalue weighted by atomic mass is 9.96. The molecular weight excluding hydrogens is 368 g/mol. The highest BCUT2D eigenvalue weighted by Gasteiger charge is 2.14. The highest BCUT2D eigenvalue weighted by molar-refractivity contribution is 9.10. The summed E-state index contributed by atoms with van der Waals surface area (Å²) in [5.41, 5.74) is 6.61. The minimum Gasteiger partial charge on any atom is -0.271 e. The number of nitrogens with one attached hydrogen (secondary N) is 1. The molecule has 1 unspecified atom stereocenters. The maximum Gasteiger partial charge on any atom is 0.0503 e. The molecule has 0 aromatic heterocycles. The van der Waals surface area contributed by atoms with Crippen LogP contribution in [0.2, 0.25) is 0 Å². The van der Waals surface area contributed by atoms with E-state index in [2.05, 4.69) is 68.5 Å². The van der Waals surface area contributed by atoms with Gasteiger partial charge in [0.25, 0.3) is 0 Å². The van der Waals surface area contributed by atoms with Crippen LogP contribution in [0.25, 0.3) is 0 Å². The van der Waals surface area contributed by atoms with Crippen molar-refractivity contribution >= 4 is 31.9 Å². The van der Waals surface area contributed by atoms with Crippen LogP contribution < -0.4 is 11.3 Å². The third-order valence-electron chi connectivity index (χ3n) is 3.20. The quantitative estimate of drug-likeness (QED) is 0.611. The van der Waals surface area contributed by atoms with Crippen LogP contribution in [-0.4, -0.2) is 0 Å². The normalized spacial score (nSPS) is 12.4. The third kappa shape index (κ3) is 3.66. The van der Waals surface area contributed by atoms with Gasteiger partial charge in [-0.3, -0.25) is 11.3 Å². The smallest absolute Gasteiger partial charge is 0.0503 e. The van der Waals surface area contributed by atoms with Crippen LogP contribution >= 0.6 is 31.9 Å². The Balaban J connectivity index is 2.30. The van der Waals surface area contributed by atoms with Crippen LogP contribution in [-0.2, 0) is 6.42 Å². The van der Waals surface area contributed by atoms with Gasteiger partial charge >= 0.3 is 0 Å². The lowest BCUT2D eigenvalue weighted by molar-refractivity contribution is 0.548. The Morgan fingerprint density at radius 2 is 1.89 bits per heavy atom. The van der Waals surface area contributed by atoms with Crippen molar-refractivity contribution in [3.05, 3.63) is 68.1 Å². The first-order chi connectivity index (χ1) is 9.11. The summed E-state index contributed by atoms with van der Waals surface area (Å²) in [4.78, 5) is 0. The Hall–Kier alpha value is -0.680. The summed E-state index contributed by atoms with van der Waals surface area (Å²) in [7, 11) is 0. The first kappa shape index (κ1) is 14.7. The maximum atomic E-state index is 5.74. The first-order valence-electron chi connectivity index (χ1n) is 6.07. The molecule has 2 aromatic carbocycles. The van der Waals surface area contributed by atoms with Crippen molar-refractivity contribution < 1.29 is 0 Å². The zero-order chi connectivity index (χ0) is 13.8. The molecular formula is C15H16Br2N2. The van der Waals surface area contributed by atoms with E-state index in [0.717, 1.165) is 15.4 Å². The average molecular weight is 384 g/mol. The van der Waals surface area contributed by atoms with Gasteiger partial charge in [-0.15, -0.1) is 0 Å². The van der Waals surface area contributed by atoms with E-state index in [-0.39, 0.29) is 6.04 Å². The van der Waals surface area contributed by atoms with Crippen molar-refractivity contribution in [2.45, 2.75) is 19.4 Å². The molecule has 19 heavy (non-hydrogen) atoms. The molecule has 0 amide bonds. The fourth-order valence-corrected chi connectivity index (χ4v) is 2.95. The molecule has 0 fully saturated rings. The van der Waals surface area contributed by atoms with E-state index in [1.807, 2.05) is 18.2 Å². The van der Waals surface area contributed by atoms with E-state index in [4.69, 9.17) is 5.84 Å². The van der Waals surface area contributed by atoms with Crippen molar-refractivity contribution in [2.75, 3.05) is 0 Å². The van der Waals surface area contributed by atoms with E-state index < -0.39 is 0 Å². The number of hydrazine groups is 1. The Bertz CT molecular complexity index is 570. The van der Waals surface area contributed by atoms with Crippen LogP contribution in [0.4, 0.5) is 0 Å². The standard InChI is InChI=1S/C15H16Br2N2/c1-10-6-7-12(16)9-13(10)15(19-18)8-11-4-2-3-5-14(11)17/h2-7,9,15,19H,8,18H2,1H3. The minimum atomic E-state index is 0.0937. The molecule has 2 nitrogen and oxygen atoms in total. The van der Waals surface area contributed by atoms with Crippen molar-refractivity contribution in [3.8, 4) is 0 Å². The van der Waals surface area contributed by atoms with Crippen molar-refractivity contribution in [2.24, 2.45) is 5.84 Å². The van der Waals surface area contributed by atoms with Crippen molar-refractivity contribution in [1.29, 1.82) is 0 Å². The van der Waals surface area contributed by atoms with Gasteiger partial charge in [-0.2, -0.15) is 0 Å². The molecule has 4 heteroatoms. The SMILES string of the molecule is Cc1ccc(Br)cc1C(Cc1ccccc1Br)NN. The largest absolute Gasteiger partial charge is 0.271 e. The van der Waals surface area contributed by atoms with E-state index in [1.165, 1.54) is 16.7 Å². The number of nitrogens with two attached hydrogens (primary N) is 1. The van der Waals surface area contributed by atoms with Gasteiger partial charge in [0.15, 0.2) is 0 Å². The van der Waals surface area contributed by atoms with Gasteiger partial charge in [0.2, 0.25) is 0 Å². The zero-order valence-corrected chi connectivity index (χ0v) is 13.8. The molecule has 0 aliphatic carbocycles. The summed E-state index contributed by atoms with van der Waals surface area (Å²) in [6, 6.07) is 14.6. The molecule has 0 bridgehead atoms. The summed E-state index contributed by atoms with van der Waals surface area (Å²) >= 11 is 7.10. The molecule has 0 saturated heterocycles. The second-order valence-corrected chi connectivity index (χ2v) is 6.29. The second kappa shape index (κ2) is 6.66. The van der Waals surface area contributed by atoms with E-state index >= 15 is 0 Å². The number of hydrogen-bond donors (Lipinski definition) is 2. The third-order valence-corrected chi connectivity index (χ3v) is 4.47. The predicted octanol–water partition coefficient (Wildman–Crippen LogP) is 4.27. The summed E-state index contributed by atoms with van der Waals surface area (Å²) in [6.45, 7) is 2.10. The molecule has 2 aromatic rings. The lowest BCUT2D eigenvalue weighted by Gasteiger charge is -2.19. The molecule has 0 aliphatic rings. The first-order valence-corrected chi connectivity index (χ1v) is 7.66. The summed E-state index contributed by atoms with van der Waals surface area (Å²) < 4.78 is 2.18. The maximum absolute atomic E-state index is 5.74. The summed E-state index contributed by atoms with van der Waals surface area (Å²) in [6.07, 6.45) is 0.842. The number of rotatable bonds is 4. The summed E-state index contributed by atoms with van der Waals surface area (Å²) in [5, 5.41) is 0. The van der Waals surface area contributed by atoms with Gasteiger partial charge < -0.3 is 0 Å². The monoisotopic (exact) mass is 382 g/mol. The fraction of sp³-hybridized carbons (Fsp3) is 0.200. The van der Waals surface area contributed by atoms with Gasteiger partial charge in [-0.25, -0.2) is 0 Å². The minimum absolute atomic E-state index is 0.0937. The Labute approximate surface area is 130 Å². The molecule has 2 rings (SSSR count). The topological polar surface area (TPSA) is 38.0 Å². The number of halogens is 2. The van der Waals surface area contributed by atoms with E-state index in [9.17, 15) is 0 Å². The van der Waals surface area contributed by atoms with Gasteiger partial charge in [0.05, 0.1) is 6.04 Å². The molecule has 3 N–H and O–H groups in total. The molecule has 0 radical (unpaired) electrons. The van der Waals surface area contributed by atoms with Crippen LogP contribution in [0.5, 0.6) is 0 Å². The fourth-order valence-electron chi connectivity index (χ4n) is 2.13. The number of benzene rings is 2. The van der Waals surface area contributed by atoms with Gasteiger partial charge in [-0.1, -0.05) is 56.1 Å². The Morgan fingerprint density at radius 3 is 2.58 bits per heavy atom. The second-order valence-electron chi connectivity index (χ2n) is 4.52. The highest BCUT2D eigenvalue weighted by Crippen LogP contribution is 2.27. The lowest BCUT2D eigenvalue weighted by Crippen LogP contribution is -2.30. The zero-order valence-electron chi connectivity index (χ0n) is 10.7. The van der Waals surface area contributed by atoms with E-state index in [0.29, 0.717) is 0 Å². The van der Waals surface area contributed by atoms with Crippen LogP contribution in [0.15, 0.2) is 51.4 Å². The molecule has 0 heterocycles. The van der Waals surface area contributed by atoms with Crippen molar-refractivity contribution in [3.63, 3.8) is 0 Å². The summed E-state index contributed by atoms with van der Waals surface area (Å²) in [5.74, 6) is 5.74. The van der Waals surface area contributed by atoms with Gasteiger partial charge in [0.1, 0.15) is 0 Å².